The molecule has 0 saturated carbocycles. The van der Waals surface area contributed by atoms with Gasteiger partial charge in [-0.05, 0) is 30.2 Å². The molecule has 0 radical (unpaired) electrons. The van der Waals surface area contributed by atoms with Crippen molar-refractivity contribution in [1.82, 2.24) is 11.3 Å². The summed E-state index contributed by atoms with van der Waals surface area (Å²) in [7, 11) is -10.2. The number of ether oxygens (including phenoxy) is 2. The van der Waals surface area contributed by atoms with Crippen LogP contribution in [-0.2, 0) is 25.6 Å². The van der Waals surface area contributed by atoms with Gasteiger partial charge in [-0.2, -0.15) is 13.2 Å². The van der Waals surface area contributed by atoms with E-state index in [4.69, 9.17) is 19.9 Å². The minimum Gasteiger partial charge on any atom is -0.475 e. The van der Waals surface area contributed by atoms with Crippen LogP contribution in [0, 0.1) is 0 Å². The van der Waals surface area contributed by atoms with Crippen molar-refractivity contribution in [3.05, 3.63) is 28.8 Å². The van der Waals surface area contributed by atoms with Crippen LogP contribution in [0.25, 0.3) is 6.08 Å². The van der Waals surface area contributed by atoms with Crippen molar-refractivity contribution in [1.29, 1.82) is 0 Å². The van der Waals surface area contributed by atoms with Gasteiger partial charge in [0.05, 0.1) is 5.57 Å². The summed E-state index contributed by atoms with van der Waals surface area (Å²) in [4.78, 5) is 18.7. The molecule has 4 N–H and O–H groups in total. The summed E-state index contributed by atoms with van der Waals surface area (Å²) in [6.45, 7) is -0.265. The van der Waals surface area contributed by atoms with Crippen molar-refractivity contribution in [2.45, 2.75) is 36.6 Å². The molecule has 34 heavy (non-hydrogen) atoms. The molecule has 1 aliphatic heterocycles. The van der Waals surface area contributed by atoms with E-state index in [1.54, 1.807) is 0 Å². The molecular weight excluding hydrogens is 516 g/mol. The van der Waals surface area contributed by atoms with E-state index >= 15 is 0 Å². The maximum Gasteiger partial charge on any atom is 0.430 e. The third kappa shape index (κ3) is 6.90. The van der Waals surface area contributed by atoms with Gasteiger partial charge in [0.25, 0.3) is 0 Å². The lowest BCUT2D eigenvalue weighted by Crippen LogP contribution is -2.42. The average molecular weight is 534 g/mol. The zero-order chi connectivity index (χ0) is 26.0. The molecule has 0 fully saturated rings. The van der Waals surface area contributed by atoms with Crippen LogP contribution in [0.2, 0.25) is 0 Å². The van der Waals surface area contributed by atoms with Crippen molar-refractivity contribution in [3.8, 4) is 5.75 Å². The summed E-state index contributed by atoms with van der Waals surface area (Å²) in [5.41, 5.74) is -0.430. The van der Waals surface area contributed by atoms with Crippen molar-refractivity contribution < 1.29 is 67.0 Å². The lowest BCUT2D eigenvalue weighted by molar-refractivity contribution is -0.200. The Morgan fingerprint density at radius 2 is 1.68 bits per heavy atom. The van der Waals surface area contributed by atoms with Gasteiger partial charge in [-0.25, -0.2) is 4.79 Å². The lowest BCUT2D eigenvalue weighted by atomic mass is 9.98. The number of carbonyl (C=O) groups excluding carboxylic acids is 1. The number of hydrogen-bond acceptors (Lipinski definition) is 9. The molecule has 1 aromatic carbocycles. The lowest BCUT2D eigenvalue weighted by Gasteiger charge is -2.41. The molecule has 9 nitrogen and oxygen atoms in total. The maximum absolute atomic E-state index is 13.6. The molecular formula is C16H18F8N2O7S. The fourth-order valence-corrected chi connectivity index (χ4v) is 3.56. The van der Waals surface area contributed by atoms with Gasteiger partial charge >= 0.3 is 22.4 Å². The highest BCUT2D eigenvalue weighted by Gasteiger charge is 2.66. The van der Waals surface area contributed by atoms with Gasteiger partial charge in [0.1, 0.15) is 23.9 Å². The Hall–Kier alpha value is -2.22. The van der Waals surface area contributed by atoms with Crippen molar-refractivity contribution in [3.63, 3.8) is 0 Å². The second-order valence-corrected chi connectivity index (χ2v) is 9.20. The van der Waals surface area contributed by atoms with E-state index in [0.717, 1.165) is 0 Å². The van der Waals surface area contributed by atoms with Gasteiger partial charge in [-0.15, -0.1) is 0 Å². The van der Waals surface area contributed by atoms with E-state index in [1.807, 2.05) is 0 Å². The van der Waals surface area contributed by atoms with E-state index in [-0.39, 0.29) is 12.1 Å². The zero-order valence-corrected chi connectivity index (χ0v) is 17.7. The Bertz CT molecular complexity index is 948. The standard InChI is InChI=1S/C16H18F8N2O7S/c1-2-8-3-11(34(20,21,22,23)24)4-9-5-12(14(16(17,18)19)33-13(8)9)15(27)32-10(6-30-25-28)7-31-26-29/h3-5,10,14,25-26,28-29H,2,6-7H2,1H3. The third-order valence-corrected chi connectivity index (χ3v) is 5.42. The van der Waals surface area contributed by atoms with Crippen LogP contribution >= 0.6 is 10.2 Å². The SMILES string of the molecule is CCc1cc(S(F)(F)(F)(F)F)cc2c1OC(C(F)(F)F)C(C(=O)OC(CONO)CONO)=C2. The molecule has 196 valence electrons. The van der Waals surface area contributed by atoms with Crippen LogP contribution in [0.1, 0.15) is 18.1 Å². The van der Waals surface area contributed by atoms with Crippen LogP contribution in [-0.4, -0.2) is 48.0 Å². The molecule has 0 aliphatic carbocycles. The topological polar surface area (TPSA) is 119 Å². The van der Waals surface area contributed by atoms with Crippen LogP contribution in [0.4, 0.5) is 32.6 Å². The normalized spacial score (nSPS) is 18.5. The molecule has 2 rings (SSSR count). The number of benzene rings is 1. The highest BCUT2D eigenvalue weighted by atomic mass is 32.5. The Morgan fingerprint density at radius 3 is 2.12 bits per heavy atom. The number of aryl methyl sites for hydroxylation is 1. The first kappa shape index (κ1) is 28.0. The average Bonchev–Trinajstić information content (AvgIpc) is 2.71. The predicted octanol–water partition coefficient (Wildman–Crippen LogP) is 4.35. The highest BCUT2D eigenvalue weighted by Crippen LogP contribution is 3.02. The number of rotatable bonds is 10. The fourth-order valence-electron chi connectivity index (χ4n) is 2.85. The number of nitrogens with one attached hydrogen (secondary N) is 2. The van der Waals surface area contributed by atoms with E-state index in [0.29, 0.717) is 6.08 Å². The van der Waals surface area contributed by atoms with Crippen LogP contribution in [0.15, 0.2) is 22.6 Å². The molecule has 1 unspecified atom stereocenters. The van der Waals surface area contributed by atoms with Crippen molar-refractivity contribution in [2.24, 2.45) is 0 Å². The maximum atomic E-state index is 13.6. The first-order chi connectivity index (χ1) is 15.4. The summed E-state index contributed by atoms with van der Waals surface area (Å²) in [5.74, 6) is -2.54. The van der Waals surface area contributed by atoms with E-state index in [9.17, 15) is 37.4 Å². The molecule has 0 aromatic heterocycles. The van der Waals surface area contributed by atoms with Gasteiger partial charge in [0.15, 0.2) is 6.10 Å². The number of alkyl halides is 3. The van der Waals surface area contributed by atoms with E-state index < -0.39 is 81.6 Å². The van der Waals surface area contributed by atoms with E-state index in [2.05, 4.69) is 9.68 Å². The summed E-state index contributed by atoms with van der Waals surface area (Å²) in [5, 5.41) is 16.8. The minimum absolute atomic E-state index is 0.000529. The Labute approximate surface area is 185 Å². The van der Waals surface area contributed by atoms with Gasteiger partial charge in [0, 0.05) is 5.56 Å². The monoisotopic (exact) mass is 534 g/mol. The molecule has 1 atom stereocenters. The summed E-state index contributed by atoms with van der Waals surface area (Å²) >= 11 is 0. The van der Waals surface area contributed by atoms with Crippen molar-refractivity contribution in [2.75, 3.05) is 13.2 Å². The Kier molecular flexibility index (Phi) is 7.50. The predicted molar refractivity (Wildman–Crippen MR) is 97.3 cm³/mol. The molecule has 0 bridgehead atoms. The molecule has 1 aromatic rings. The van der Waals surface area contributed by atoms with Crippen molar-refractivity contribution >= 4 is 22.3 Å². The summed E-state index contributed by atoms with van der Waals surface area (Å²) in [6.07, 6.45) is -9.96. The Balaban J connectivity index is 2.58. The fraction of sp³-hybridized carbons (Fsp3) is 0.438. The molecule has 0 spiro atoms. The quantitative estimate of drug-likeness (QED) is 0.198. The smallest absolute Gasteiger partial charge is 0.430 e. The molecule has 1 heterocycles. The highest BCUT2D eigenvalue weighted by molar-refractivity contribution is 8.45. The molecule has 0 saturated heterocycles. The first-order valence-electron chi connectivity index (χ1n) is 9.00. The number of halogens is 8. The second kappa shape index (κ2) is 9.10. The van der Waals surface area contributed by atoms with Gasteiger partial charge in [-0.1, -0.05) is 37.6 Å². The van der Waals surface area contributed by atoms with E-state index in [1.165, 1.54) is 18.2 Å². The van der Waals surface area contributed by atoms with Gasteiger partial charge < -0.3 is 9.47 Å². The number of fused-ring (bicyclic) bond motifs is 1. The summed E-state index contributed by atoms with van der Waals surface area (Å²) in [6, 6.07) is -0.121. The van der Waals surface area contributed by atoms with Gasteiger partial charge in [0.2, 0.25) is 6.10 Å². The van der Waals surface area contributed by atoms with Crippen LogP contribution in [0.3, 0.4) is 0 Å². The molecule has 0 amide bonds. The largest absolute Gasteiger partial charge is 0.475 e. The van der Waals surface area contributed by atoms with Gasteiger partial charge in [-0.3, -0.25) is 20.1 Å². The number of carbonyl (C=O) groups is 1. The second-order valence-electron chi connectivity index (χ2n) is 6.79. The number of esters is 1. The summed E-state index contributed by atoms with van der Waals surface area (Å²) < 4.78 is 117. The molecule has 18 heteroatoms. The zero-order valence-electron chi connectivity index (χ0n) is 16.9. The molecule has 1 aliphatic rings. The van der Waals surface area contributed by atoms with Crippen LogP contribution in [0.5, 0.6) is 5.75 Å². The first-order valence-corrected chi connectivity index (χ1v) is 10.9. The minimum atomic E-state index is -10.2. The van der Waals surface area contributed by atoms with Crippen LogP contribution < -0.4 is 16.0 Å². The third-order valence-electron chi connectivity index (χ3n) is 4.30. The Morgan fingerprint density at radius 1 is 1.12 bits per heavy atom. The number of hydrogen-bond donors (Lipinski definition) is 4.